The van der Waals surface area contributed by atoms with E-state index >= 15 is 0 Å². The standard InChI is InChI=1S/C11H13N3O5/c1-6(2)10(16)13-11(17)12-8-4-3-7(14(18)19)5-9(8)15/h3-6,15H,1-2H3,(H2,12,13,16,17). The summed E-state index contributed by atoms with van der Waals surface area (Å²) in [4.78, 5) is 32.4. The lowest BCUT2D eigenvalue weighted by atomic mass is 10.2. The number of nitro benzene ring substituents is 1. The molecule has 0 aromatic heterocycles. The second-order valence-corrected chi connectivity index (χ2v) is 4.06. The number of nitrogens with zero attached hydrogens (tertiary/aromatic N) is 1. The molecular formula is C11H13N3O5. The number of amides is 3. The minimum absolute atomic E-state index is 0.0281. The zero-order chi connectivity index (χ0) is 14.6. The van der Waals surface area contributed by atoms with E-state index in [9.17, 15) is 24.8 Å². The minimum atomic E-state index is -0.817. The fraction of sp³-hybridized carbons (Fsp3) is 0.273. The van der Waals surface area contributed by atoms with Gasteiger partial charge in [-0.1, -0.05) is 13.8 Å². The number of phenolic OH excluding ortho intramolecular Hbond substituents is 1. The molecule has 1 aromatic carbocycles. The lowest BCUT2D eigenvalue weighted by Crippen LogP contribution is -2.36. The summed E-state index contributed by atoms with van der Waals surface area (Å²) in [6, 6.07) is 2.38. The maximum Gasteiger partial charge on any atom is 0.325 e. The van der Waals surface area contributed by atoms with E-state index in [1.54, 1.807) is 13.8 Å². The van der Waals surface area contributed by atoms with Gasteiger partial charge in [-0.3, -0.25) is 20.2 Å². The molecule has 3 amide bonds. The molecule has 0 radical (unpaired) electrons. The van der Waals surface area contributed by atoms with E-state index in [-0.39, 0.29) is 17.3 Å². The number of nitro groups is 1. The van der Waals surface area contributed by atoms with Gasteiger partial charge in [0.1, 0.15) is 5.75 Å². The first-order chi connectivity index (χ1) is 8.81. The van der Waals surface area contributed by atoms with Crippen molar-refractivity contribution in [2.45, 2.75) is 13.8 Å². The second kappa shape index (κ2) is 5.80. The highest BCUT2D eigenvalue weighted by molar-refractivity contribution is 6.02. The van der Waals surface area contributed by atoms with Crippen LogP contribution >= 0.6 is 0 Å². The molecule has 0 atom stereocenters. The molecule has 8 heteroatoms. The second-order valence-electron chi connectivity index (χ2n) is 4.06. The molecule has 0 aliphatic rings. The average molecular weight is 267 g/mol. The first-order valence-corrected chi connectivity index (χ1v) is 5.40. The molecule has 0 spiro atoms. The first-order valence-electron chi connectivity index (χ1n) is 5.40. The summed E-state index contributed by atoms with van der Waals surface area (Å²) in [6.07, 6.45) is 0. The molecule has 0 fully saturated rings. The normalized spacial score (nSPS) is 10.1. The molecule has 8 nitrogen and oxygen atoms in total. The van der Waals surface area contributed by atoms with E-state index in [0.717, 1.165) is 12.1 Å². The van der Waals surface area contributed by atoms with Crippen molar-refractivity contribution in [2.75, 3.05) is 5.32 Å². The zero-order valence-electron chi connectivity index (χ0n) is 10.3. The third-order valence-electron chi connectivity index (χ3n) is 2.20. The Labute approximate surface area is 108 Å². The Bertz CT molecular complexity index is 527. The fourth-order valence-corrected chi connectivity index (χ4v) is 1.15. The number of carbonyl (C=O) groups is 2. The summed E-state index contributed by atoms with van der Waals surface area (Å²) in [5.41, 5.74) is -0.332. The van der Waals surface area contributed by atoms with Crippen molar-refractivity contribution >= 4 is 23.3 Å². The van der Waals surface area contributed by atoms with E-state index in [1.165, 1.54) is 6.07 Å². The van der Waals surface area contributed by atoms with Gasteiger partial charge in [0.15, 0.2) is 0 Å². The van der Waals surface area contributed by atoms with Crippen LogP contribution in [-0.2, 0) is 4.79 Å². The number of hydrogen-bond acceptors (Lipinski definition) is 5. The highest BCUT2D eigenvalue weighted by Crippen LogP contribution is 2.27. The van der Waals surface area contributed by atoms with Gasteiger partial charge in [0.25, 0.3) is 5.69 Å². The van der Waals surface area contributed by atoms with Crippen molar-refractivity contribution in [2.24, 2.45) is 5.92 Å². The highest BCUT2D eigenvalue weighted by atomic mass is 16.6. The van der Waals surface area contributed by atoms with Gasteiger partial charge in [-0.2, -0.15) is 0 Å². The summed E-state index contributed by atoms with van der Waals surface area (Å²) in [7, 11) is 0. The number of urea groups is 1. The van der Waals surface area contributed by atoms with Crippen LogP contribution in [0.15, 0.2) is 18.2 Å². The van der Waals surface area contributed by atoms with Gasteiger partial charge < -0.3 is 10.4 Å². The summed E-state index contributed by atoms with van der Waals surface area (Å²) in [5, 5.41) is 24.2. The van der Waals surface area contributed by atoms with Crippen LogP contribution in [0, 0.1) is 16.0 Å². The molecule has 0 heterocycles. The summed E-state index contributed by atoms with van der Waals surface area (Å²) < 4.78 is 0. The summed E-state index contributed by atoms with van der Waals surface area (Å²) >= 11 is 0. The zero-order valence-corrected chi connectivity index (χ0v) is 10.3. The molecule has 0 saturated carbocycles. The topological polar surface area (TPSA) is 122 Å². The van der Waals surface area contributed by atoms with Crippen LogP contribution in [0.3, 0.4) is 0 Å². The Morgan fingerprint density at radius 3 is 2.47 bits per heavy atom. The third-order valence-corrected chi connectivity index (χ3v) is 2.20. The van der Waals surface area contributed by atoms with Crippen LogP contribution in [0.5, 0.6) is 5.75 Å². The van der Waals surface area contributed by atoms with E-state index in [1.807, 2.05) is 0 Å². The smallest absolute Gasteiger partial charge is 0.325 e. The quantitative estimate of drug-likeness (QED) is 0.436. The molecule has 1 aromatic rings. The molecular weight excluding hydrogens is 254 g/mol. The summed E-state index contributed by atoms with van der Waals surface area (Å²) in [6.45, 7) is 3.23. The minimum Gasteiger partial charge on any atom is -0.506 e. The number of aromatic hydroxyl groups is 1. The van der Waals surface area contributed by atoms with Gasteiger partial charge in [0, 0.05) is 12.0 Å². The Morgan fingerprint density at radius 2 is 2.00 bits per heavy atom. The number of carbonyl (C=O) groups excluding carboxylic acids is 2. The molecule has 3 N–H and O–H groups in total. The largest absolute Gasteiger partial charge is 0.506 e. The molecule has 0 unspecified atom stereocenters. The van der Waals surface area contributed by atoms with Crippen molar-refractivity contribution in [1.82, 2.24) is 5.32 Å². The van der Waals surface area contributed by atoms with E-state index in [0.29, 0.717) is 0 Å². The fourth-order valence-electron chi connectivity index (χ4n) is 1.15. The molecule has 102 valence electrons. The van der Waals surface area contributed by atoms with Gasteiger partial charge in [-0.15, -0.1) is 0 Å². The van der Waals surface area contributed by atoms with Crippen molar-refractivity contribution in [1.29, 1.82) is 0 Å². The Balaban J connectivity index is 2.75. The van der Waals surface area contributed by atoms with Crippen LogP contribution in [0.25, 0.3) is 0 Å². The van der Waals surface area contributed by atoms with Crippen molar-refractivity contribution < 1.29 is 19.6 Å². The maximum atomic E-state index is 11.4. The van der Waals surface area contributed by atoms with E-state index in [4.69, 9.17) is 0 Å². The van der Waals surface area contributed by atoms with Crippen LogP contribution in [0.1, 0.15) is 13.8 Å². The van der Waals surface area contributed by atoms with E-state index < -0.39 is 22.6 Å². The molecule has 0 aliphatic heterocycles. The monoisotopic (exact) mass is 267 g/mol. The third kappa shape index (κ3) is 3.95. The van der Waals surface area contributed by atoms with E-state index in [2.05, 4.69) is 10.6 Å². The SMILES string of the molecule is CC(C)C(=O)NC(=O)Nc1ccc([N+](=O)[O-])cc1O. The number of benzene rings is 1. The Hall–Kier alpha value is -2.64. The van der Waals surface area contributed by atoms with Crippen molar-refractivity contribution in [3.8, 4) is 5.75 Å². The summed E-state index contributed by atoms with van der Waals surface area (Å²) in [5.74, 6) is -1.29. The average Bonchev–Trinajstić information content (AvgIpc) is 2.31. The van der Waals surface area contributed by atoms with Gasteiger partial charge in [0.2, 0.25) is 5.91 Å². The number of rotatable bonds is 3. The predicted octanol–water partition coefficient (Wildman–Crippen LogP) is 1.60. The van der Waals surface area contributed by atoms with Gasteiger partial charge in [-0.25, -0.2) is 4.79 Å². The van der Waals surface area contributed by atoms with Crippen molar-refractivity contribution in [3.63, 3.8) is 0 Å². The lowest BCUT2D eigenvalue weighted by Gasteiger charge is -2.09. The molecule has 19 heavy (non-hydrogen) atoms. The van der Waals surface area contributed by atoms with Gasteiger partial charge in [0.05, 0.1) is 16.7 Å². The van der Waals surface area contributed by atoms with Crippen LogP contribution in [0.4, 0.5) is 16.2 Å². The number of non-ortho nitro benzene ring substituents is 1. The van der Waals surface area contributed by atoms with Crippen molar-refractivity contribution in [3.05, 3.63) is 28.3 Å². The first kappa shape index (κ1) is 14.4. The number of imide groups is 1. The maximum absolute atomic E-state index is 11.4. The number of phenols is 1. The molecule has 0 bridgehead atoms. The molecule has 0 saturated heterocycles. The van der Waals surface area contributed by atoms with Crippen LogP contribution in [0.2, 0.25) is 0 Å². The van der Waals surface area contributed by atoms with Crippen LogP contribution in [-0.4, -0.2) is 22.0 Å². The Morgan fingerprint density at radius 1 is 1.37 bits per heavy atom. The number of nitrogens with one attached hydrogen (secondary N) is 2. The van der Waals surface area contributed by atoms with Gasteiger partial charge >= 0.3 is 6.03 Å². The number of hydrogen-bond donors (Lipinski definition) is 3. The molecule has 1 rings (SSSR count). The number of anilines is 1. The lowest BCUT2D eigenvalue weighted by molar-refractivity contribution is -0.384. The Kier molecular flexibility index (Phi) is 4.41. The molecule has 0 aliphatic carbocycles. The van der Waals surface area contributed by atoms with Gasteiger partial charge in [-0.05, 0) is 6.07 Å². The predicted molar refractivity (Wildman–Crippen MR) is 66.8 cm³/mol. The highest BCUT2D eigenvalue weighted by Gasteiger charge is 2.14. The van der Waals surface area contributed by atoms with Crippen LogP contribution < -0.4 is 10.6 Å².